The number of hydrogen-bond donors (Lipinski definition) is 0. The Bertz CT molecular complexity index is 934. The molecule has 140 valence electrons. The molecule has 0 unspecified atom stereocenters. The summed E-state index contributed by atoms with van der Waals surface area (Å²) in [5, 5.41) is 0.216. The second kappa shape index (κ2) is 8.67. The first-order valence-corrected chi connectivity index (χ1v) is 10.2. The predicted octanol–water partition coefficient (Wildman–Crippen LogP) is 5.06. The van der Waals surface area contributed by atoms with Gasteiger partial charge in [-0.2, -0.15) is 0 Å². The summed E-state index contributed by atoms with van der Waals surface area (Å²) in [7, 11) is -4.29. The summed E-state index contributed by atoms with van der Waals surface area (Å²) in [6, 6.07) is 8.41. The molecule has 0 atom stereocenters. The second-order valence-corrected chi connectivity index (χ2v) is 8.42. The van der Waals surface area contributed by atoms with Gasteiger partial charge in [0.15, 0.2) is 0 Å². The molecular weight excluding hydrogens is 444 g/mol. The van der Waals surface area contributed by atoms with E-state index in [4.69, 9.17) is 51.1 Å². The van der Waals surface area contributed by atoms with Gasteiger partial charge >= 0.3 is 5.97 Å². The zero-order valence-corrected chi connectivity index (χ0v) is 17.2. The van der Waals surface area contributed by atoms with Crippen molar-refractivity contribution in [1.82, 2.24) is 0 Å². The number of anilines is 1. The van der Waals surface area contributed by atoms with E-state index in [2.05, 4.69) is 0 Å². The number of esters is 1. The van der Waals surface area contributed by atoms with Gasteiger partial charge in [0, 0.05) is 5.02 Å². The minimum absolute atomic E-state index is 0.0169. The Morgan fingerprint density at radius 1 is 1.08 bits per heavy atom. The average Bonchev–Trinajstić information content (AvgIpc) is 2.58. The van der Waals surface area contributed by atoms with Gasteiger partial charge in [-0.1, -0.05) is 52.5 Å². The fourth-order valence-corrected chi connectivity index (χ4v) is 4.71. The first kappa shape index (κ1) is 21.1. The van der Waals surface area contributed by atoms with E-state index in [1.807, 2.05) is 0 Å². The van der Waals surface area contributed by atoms with Crippen LogP contribution in [0.1, 0.15) is 6.92 Å². The fourth-order valence-electron chi connectivity index (χ4n) is 2.10. The molecule has 0 fully saturated rings. The molecule has 10 heteroatoms. The first-order chi connectivity index (χ1) is 12.2. The highest BCUT2D eigenvalue weighted by Crippen LogP contribution is 2.37. The third-order valence-corrected chi connectivity index (χ3v) is 6.52. The predicted molar refractivity (Wildman–Crippen MR) is 104 cm³/mol. The normalized spacial score (nSPS) is 11.3. The number of rotatable bonds is 6. The van der Waals surface area contributed by atoms with E-state index < -0.39 is 22.5 Å². The summed E-state index contributed by atoms with van der Waals surface area (Å²) in [5.74, 6) is -0.759. The Morgan fingerprint density at radius 3 is 2.42 bits per heavy atom. The maximum Gasteiger partial charge on any atom is 0.326 e. The summed E-state index contributed by atoms with van der Waals surface area (Å²) in [5.41, 5.74) is 0.0169. The third-order valence-electron chi connectivity index (χ3n) is 3.24. The number of nitrogens with zero attached hydrogens (tertiary/aromatic N) is 1. The molecule has 26 heavy (non-hydrogen) atoms. The van der Waals surface area contributed by atoms with Crippen molar-refractivity contribution in [3.63, 3.8) is 0 Å². The molecule has 0 aliphatic heterocycles. The number of carbonyl (C=O) groups is 1. The van der Waals surface area contributed by atoms with Gasteiger partial charge in [-0.05, 0) is 37.3 Å². The van der Waals surface area contributed by atoms with Crippen LogP contribution in [0.15, 0.2) is 41.3 Å². The molecule has 2 aromatic carbocycles. The van der Waals surface area contributed by atoms with E-state index in [9.17, 15) is 13.2 Å². The van der Waals surface area contributed by atoms with Crippen LogP contribution in [0.5, 0.6) is 0 Å². The van der Waals surface area contributed by atoms with Gasteiger partial charge in [0.25, 0.3) is 10.0 Å². The summed E-state index contributed by atoms with van der Waals surface area (Å²) in [4.78, 5) is 11.7. The minimum atomic E-state index is -4.29. The molecule has 0 N–H and O–H groups in total. The Labute approximate surface area is 171 Å². The second-order valence-electron chi connectivity index (χ2n) is 4.96. The highest BCUT2D eigenvalue weighted by Gasteiger charge is 2.31. The van der Waals surface area contributed by atoms with E-state index in [0.717, 1.165) is 4.31 Å². The van der Waals surface area contributed by atoms with Gasteiger partial charge in [-0.25, -0.2) is 8.42 Å². The van der Waals surface area contributed by atoms with Crippen molar-refractivity contribution >= 4 is 68.1 Å². The molecule has 0 heterocycles. The van der Waals surface area contributed by atoms with Crippen molar-refractivity contribution in [2.45, 2.75) is 11.8 Å². The van der Waals surface area contributed by atoms with Crippen LogP contribution in [0.2, 0.25) is 20.1 Å². The van der Waals surface area contributed by atoms with Crippen LogP contribution < -0.4 is 4.31 Å². The lowest BCUT2D eigenvalue weighted by Gasteiger charge is -2.25. The SMILES string of the molecule is CCOC(=O)CN(c1cccc(Cl)c1Cl)S(=O)(=O)c1cc(Cl)ccc1Cl. The molecule has 0 spiro atoms. The minimum Gasteiger partial charge on any atom is -0.465 e. The Hall–Kier alpha value is -1.18. The molecule has 0 saturated heterocycles. The summed E-state index contributed by atoms with van der Waals surface area (Å²) < 4.78 is 32.0. The lowest BCUT2D eigenvalue weighted by Crippen LogP contribution is -2.37. The van der Waals surface area contributed by atoms with Crippen LogP contribution >= 0.6 is 46.4 Å². The number of halogens is 4. The Morgan fingerprint density at radius 2 is 1.77 bits per heavy atom. The van der Waals surface area contributed by atoms with Gasteiger partial charge < -0.3 is 4.74 Å². The van der Waals surface area contributed by atoms with Crippen LogP contribution in [0, 0.1) is 0 Å². The van der Waals surface area contributed by atoms with Gasteiger partial charge in [0.1, 0.15) is 11.4 Å². The lowest BCUT2D eigenvalue weighted by atomic mass is 10.3. The third kappa shape index (κ3) is 4.56. The zero-order chi connectivity index (χ0) is 19.5. The number of hydrogen-bond acceptors (Lipinski definition) is 4. The van der Waals surface area contributed by atoms with Crippen molar-refractivity contribution < 1.29 is 17.9 Å². The molecule has 2 aromatic rings. The summed E-state index contributed by atoms with van der Waals surface area (Å²) in [6.45, 7) is 1.09. The largest absolute Gasteiger partial charge is 0.465 e. The van der Waals surface area contributed by atoms with Gasteiger partial charge in [0.05, 0.1) is 27.4 Å². The van der Waals surface area contributed by atoms with Crippen molar-refractivity contribution in [1.29, 1.82) is 0 Å². The maximum absolute atomic E-state index is 13.2. The Balaban J connectivity index is 2.64. The van der Waals surface area contributed by atoms with Crippen LogP contribution in [0.4, 0.5) is 5.69 Å². The molecule has 0 aromatic heterocycles. The van der Waals surface area contributed by atoms with Crippen LogP contribution in [0.3, 0.4) is 0 Å². The molecule has 2 rings (SSSR count). The van der Waals surface area contributed by atoms with Crippen molar-refractivity contribution in [2.75, 3.05) is 17.5 Å². The summed E-state index contributed by atoms with van der Waals surface area (Å²) in [6.07, 6.45) is 0. The quantitative estimate of drug-likeness (QED) is 0.570. The van der Waals surface area contributed by atoms with E-state index in [1.165, 1.54) is 36.4 Å². The number of ether oxygens (including phenoxy) is 1. The smallest absolute Gasteiger partial charge is 0.326 e. The van der Waals surface area contributed by atoms with Crippen LogP contribution in [-0.2, 0) is 19.6 Å². The van der Waals surface area contributed by atoms with Crippen LogP contribution in [-0.4, -0.2) is 27.5 Å². The maximum atomic E-state index is 13.2. The standard InChI is InChI=1S/C16H13Cl4NO4S/c1-2-25-15(22)9-21(13-5-3-4-12(19)16(13)20)26(23,24)14-8-10(17)6-7-11(14)18/h3-8H,2,9H2,1H3. The number of carbonyl (C=O) groups excluding carboxylic acids is 1. The van der Waals surface area contributed by atoms with Crippen molar-refractivity contribution in [2.24, 2.45) is 0 Å². The number of sulfonamides is 1. The van der Waals surface area contributed by atoms with Crippen molar-refractivity contribution in [3.8, 4) is 0 Å². The molecule has 5 nitrogen and oxygen atoms in total. The molecule has 0 amide bonds. The van der Waals surface area contributed by atoms with Crippen LogP contribution in [0.25, 0.3) is 0 Å². The molecule has 0 bridgehead atoms. The van der Waals surface area contributed by atoms with Crippen molar-refractivity contribution in [3.05, 3.63) is 56.5 Å². The molecule has 0 aliphatic carbocycles. The number of benzene rings is 2. The van der Waals surface area contributed by atoms with E-state index in [-0.39, 0.29) is 37.3 Å². The first-order valence-electron chi connectivity index (χ1n) is 7.26. The average molecular weight is 457 g/mol. The van der Waals surface area contributed by atoms with E-state index >= 15 is 0 Å². The van der Waals surface area contributed by atoms with E-state index in [1.54, 1.807) is 6.92 Å². The highest BCUT2D eigenvalue weighted by molar-refractivity contribution is 7.93. The molecule has 0 radical (unpaired) electrons. The zero-order valence-electron chi connectivity index (χ0n) is 13.4. The monoisotopic (exact) mass is 455 g/mol. The van der Waals surface area contributed by atoms with Gasteiger partial charge in [0.2, 0.25) is 0 Å². The topological polar surface area (TPSA) is 63.7 Å². The molecule has 0 saturated carbocycles. The highest BCUT2D eigenvalue weighted by atomic mass is 35.5. The van der Waals surface area contributed by atoms with E-state index in [0.29, 0.717) is 0 Å². The Kier molecular flexibility index (Phi) is 7.05. The molecule has 0 aliphatic rings. The summed E-state index contributed by atoms with van der Waals surface area (Å²) >= 11 is 24.1. The molecular formula is C16H13Cl4NO4S. The fraction of sp³-hybridized carbons (Fsp3) is 0.188. The van der Waals surface area contributed by atoms with Gasteiger partial charge in [-0.3, -0.25) is 9.10 Å². The van der Waals surface area contributed by atoms with Gasteiger partial charge in [-0.15, -0.1) is 0 Å². The lowest BCUT2D eigenvalue weighted by molar-refractivity contribution is -0.141.